The summed E-state index contributed by atoms with van der Waals surface area (Å²) in [4.78, 5) is 48.6. The van der Waals surface area contributed by atoms with Crippen LogP contribution in [0.2, 0.25) is 0 Å². The minimum absolute atomic E-state index is 0.00498. The molecule has 0 aliphatic carbocycles. The Kier molecular flexibility index (Phi) is 6.04. The van der Waals surface area contributed by atoms with Crippen molar-refractivity contribution in [3.8, 4) is 0 Å². The van der Waals surface area contributed by atoms with Crippen molar-refractivity contribution in [3.63, 3.8) is 0 Å². The van der Waals surface area contributed by atoms with Crippen LogP contribution in [-0.2, 0) is 26.3 Å². The number of carbonyl (C=O) groups excluding carboxylic acids is 3. The van der Waals surface area contributed by atoms with Crippen LogP contribution in [0.3, 0.4) is 0 Å². The molecule has 0 bridgehead atoms. The first kappa shape index (κ1) is 22.5. The Hall–Kier alpha value is -3.32. The zero-order valence-corrected chi connectivity index (χ0v) is 20.0. The zero-order valence-electron chi connectivity index (χ0n) is 19.1. The normalized spacial score (nSPS) is 22.6. The quantitative estimate of drug-likeness (QED) is 0.498. The summed E-state index contributed by atoms with van der Waals surface area (Å²) in [5.74, 6) is -0.611. The molecular formula is C27H27N3O3S. The SMILES string of the molecule is Cc1ccccc1[C@]1(CC(=O)N2CCC[C@@H]2c2nccs2)CC(=O)N(Cc2ccccc2)C1=O. The Labute approximate surface area is 203 Å². The molecule has 2 aliphatic heterocycles. The molecule has 0 saturated carbocycles. The fourth-order valence-corrected chi connectivity index (χ4v) is 6.15. The number of imide groups is 1. The third kappa shape index (κ3) is 3.94. The lowest BCUT2D eigenvalue weighted by atomic mass is 9.74. The lowest BCUT2D eigenvalue weighted by Gasteiger charge is -2.32. The van der Waals surface area contributed by atoms with E-state index < -0.39 is 5.41 Å². The maximum Gasteiger partial charge on any atom is 0.241 e. The number of carbonyl (C=O) groups is 3. The molecule has 34 heavy (non-hydrogen) atoms. The van der Waals surface area contributed by atoms with Crippen LogP contribution in [0.25, 0.3) is 0 Å². The largest absolute Gasteiger partial charge is 0.333 e. The smallest absolute Gasteiger partial charge is 0.241 e. The van der Waals surface area contributed by atoms with Crippen LogP contribution in [0.5, 0.6) is 0 Å². The van der Waals surface area contributed by atoms with Crippen molar-refractivity contribution in [2.45, 2.75) is 50.6 Å². The van der Waals surface area contributed by atoms with Gasteiger partial charge in [-0.1, -0.05) is 54.6 Å². The highest BCUT2D eigenvalue weighted by atomic mass is 32.1. The summed E-state index contributed by atoms with van der Waals surface area (Å²) in [5.41, 5.74) is 1.38. The van der Waals surface area contributed by atoms with E-state index in [1.165, 1.54) is 4.90 Å². The van der Waals surface area contributed by atoms with Gasteiger partial charge >= 0.3 is 0 Å². The number of benzene rings is 2. The molecule has 0 unspecified atom stereocenters. The van der Waals surface area contributed by atoms with Gasteiger partial charge in [-0.05, 0) is 36.5 Å². The third-order valence-electron chi connectivity index (χ3n) is 7.02. The molecule has 0 spiro atoms. The van der Waals surface area contributed by atoms with Crippen LogP contribution >= 0.6 is 11.3 Å². The van der Waals surface area contributed by atoms with Crippen LogP contribution in [0.1, 0.15) is 53.4 Å². The molecule has 2 aromatic carbocycles. The number of thiazole rings is 1. The summed E-state index contributed by atoms with van der Waals surface area (Å²) in [7, 11) is 0. The molecule has 0 N–H and O–H groups in total. The maximum absolute atomic E-state index is 14.0. The molecule has 2 fully saturated rings. The molecule has 174 valence electrons. The van der Waals surface area contributed by atoms with Gasteiger partial charge in [0.25, 0.3) is 0 Å². The van der Waals surface area contributed by atoms with Gasteiger partial charge in [0.05, 0.1) is 18.0 Å². The molecule has 1 aromatic heterocycles. The molecule has 6 nitrogen and oxygen atoms in total. The van der Waals surface area contributed by atoms with Crippen LogP contribution in [0.15, 0.2) is 66.2 Å². The average Bonchev–Trinajstić information content (AvgIpc) is 3.58. The van der Waals surface area contributed by atoms with Crippen molar-refractivity contribution in [2.75, 3.05) is 6.54 Å². The summed E-state index contributed by atoms with van der Waals surface area (Å²) in [6.07, 6.45) is 3.51. The van der Waals surface area contributed by atoms with Crippen molar-refractivity contribution >= 4 is 29.1 Å². The van der Waals surface area contributed by atoms with E-state index >= 15 is 0 Å². The fraction of sp³-hybridized carbons (Fsp3) is 0.333. The average molecular weight is 474 g/mol. The van der Waals surface area contributed by atoms with Crippen molar-refractivity contribution < 1.29 is 14.4 Å². The Morgan fingerprint density at radius 1 is 1.12 bits per heavy atom. The van der Waals surface area contributed by atoms with E-state index in [1.54, 1.807) is 17.5 Å². The number of aromatic nitrogens is 1. The molecule has 2 aliphatic rings. The van der Waals surface area contributed by atoms with E-state index in [2.05, 4.69) is 4.98 Å². The predicted molar refractivity (Wildman–Crippen MR) is 130 cm³/mol. The topological polar surface area (TPSA) is 70.6 Å². The molecular weight excluding hydrogens is 446 g/mol. The Balaban J connectivity index is 1.49. The van der Waals surface area contributed by atoms with Crippen molar-refractivity contribution in [1.29, 1.82) is 0 Å². The summed E-state index contributed by atoms with van der Waals surface area (Å²) in [6, 6.07) is 17.1. The van der Waals surface area contributed by atoms with Gasteiger partial charge in [-0.25, -0.2) is 4.98 Å². The molecule has 3 aromatic rings. The number of amides is 3. The molecule has 3 amide bonds. The Morgan fingerprint density at radius 2 is 1.88 bits per heavy atom. The predicted octanol–water partition coefficient (Wildman–Crippen LogP) is 4.40. The van der Waals surface area contributed by atoms with E-state index in [0.29, 0.717) is 6.54 Å². The second-order valence-corrected chi connectivity index (χ2v) is 10.1. The molecule has 3 heterocycles. The van der Waals surface area contributed by atoms with Gasteiger partial charge in [-0.2, -0.15) is 0 Å². The Bertz CT molecular complexity index is 1210. The van der Waals surface area contributed by atoms with Crippen LogP contribution < -0.4 is 0 Å². The number of aryl methyl sites for hydroxylation is 1. The van der Waals surface area contributed by atoms with Crippen LogP contribution in [0.4, 0.5) is 0 Å². The fourth-order valence-electron chi connectivity index (χ4n) is 5.36. The van der Waals surface area contributed by atoms with Crippen LogP contribution in [0, 0.1) is 6.92 Å². The lowest BCUT2D eigenvalue weighted by molar-refractivity contribution is -0.143. The molecule has 2 saturated heterocycles. The van der Waals surface area contributed by atoms with E-state index in [-0.39, 0.29) is 43.1 Å². The van der Waals surface area contributed by atoms with Crippen molar-refractivity contribution in [2.24, 2.45) is 0 Å². The standard InChI is InChI=1S/C27H27N3O3S/c1-19-8-5-6-11-21(19)27(16-23(31)29-14-7-12-22(29)25-28-13-15-34-25)17-24(32)30(26(27)33)18-20-9-3-2-4-10-20/h2-6,8-11,13,15,22H,7,12,14,16-18H2,1H3/t22-,27+/m1/s1. The second-order valence-electron chi connectivity index (χ2n) is 9.14. The highest BCUT2D eigenvalue weighted by molar-refractivity contribution is 7.09. The molecule has 2 atom stereocenters. The van der Waals surface area contributed by atoms with Crippen LogP contribution in [-0.4, -0.2) is 39.1 Å². The van der Waals surface area contributed by atoms with Crippen molar-refractivity contribution in [3.05, 3.63) is 87.9 Å². The number of rotatable bonds is 6. The maximum atomic E-state index is 14.0. The summed E-state index contributed by atoms with van der Waals surface area (Å²) < 4.78 is 0. The second kappa shape index (κ2) is 9.14. The first-order chi connectivity index (χ1) is 16.5. The monoisotopic (exact) mass is 473 g/mol. The van der Waals surface area contributed by atoms with E-state index in [4.69, 9.17) is 0 Å². The summed E-state index contributed by atoms with van der Waals surface area (Å²) in [6.45, 7) is 2.79. The highest BCUT2D eigenvalue weighted by Crippen LogP contribution is 2.44. The minimum atomic E-state index is -1.19. The summed E-state index contributed by atoms with van der Waals surface area (Å²) >= 11 is 1.55. The van der Waals surface area contributed by atoms with Gasteiger partial charge in [-0.3, -0.25) is 19.3 Å². The zero-order chi connectivity index (χ0) is 23.7. The van der Waals surface area contributed by atoms with Gasteiger partial charge in [0.2, 0.25) is 17.7 Å². The van der Waals surface area contributed by atoms with E-state index in [0.717, 1.165) is 34.5 Å². The number of hydrogen-bond donors (Lipinski definition) is 0. The van der Waals surface area contributed by atoms with Gasteiger partial charge in [0.1, 0.15) is 5.01 Å². The lowest BCUT2D eigenvalue weighted by Crippen LogP contribution is -2.43. The first-order valence-corrected chi connectivity index (χ1v) is 12.5. The number of likely N-dealkylation sites (tertiary alicyclic amines) is 2. The van der Waals surface area contributed by atoms with E-state index in [1.807, 2.05) is 71.8 Å². The van der Waals surface area contributed by atoms with E-state index in [9.17, 15) is 14.4 Å². The number of hydrogen-bond acceptors (Lipinski definition) is 5. The first-order valence-electron chi connectivity index (χ1n) is 11.6. The van der Waals surface area contributed by atoms with Gasteiger partial charge in [0.15, 0.2) is 0 Å². The molecule has 7 heteroatoms. The molecule has 0 radical (unpaired) electrons. The van der Waals surface area contributed by atoms with Gasteiger partial charge < -0.3 is 4.90 Å². The van der Waals surface area contributed by atoms with Gasteiger partial charge in [0, 0.05) is 31.0 Å². The molecule has 5 rings (SSSR count). The van der Waals surface area contributed by atoms with Gasteiger partial charge in [-0.15, -0.1) is 11.3 Å². The Morgan fingerprint density at radius 3 is 2.62 bits per heavy atom. The van der Waals surface area contributed by atoms with Crippen molar-refractivity contribution in [1.82, 2.24) is 14.8 Å². The highest BCUT2D eigenvalue weighted by Gasteiger charge is 2.55. The minimum Gasteiger partial charge on any atom is -0.333 e. The summed E-state index contributed by atoms with van der Waals surface area (Å²) in [5, 5.41) is 2.85. The third-order valence-corrected chi connectivity index (χ3v) is 7.89. The number of nitrogens with zero attached hydrogens (tertiary/aromatic N) is 3.